The number of aromatic nitrogens is 1. The van der Waals surface area contributed by atoms with Crippen LogP contribution in [0.1, 0.15) is 50.8 Å². The summed E-state index contributed by atoms with van der Waals surface area (Å²) in [6.07, 6.45) is 3.83. The molecule has 0 bridgehead atoms. The summed E-state index contributed by atoms with van der Waals surface area (Å²) in [5.41, 5.74) is 1.77. The lowest BCUT2D eigenvalue weighted by Gasteiger charge is -2.25. The van der Waals surface area contributed by atoms with Gasteiger partial charge in [0.05, 0.1) is 42.7 Å². The minimum Gasteiger partial charge on any atom is -0.494 e. The number of carbonyl (C=O) groups is 2. The molecule has 1 unspecified atom stereocenters. The lowest BCUT2D eigenvalue weighted by Crippen LogP contribution is -2.39. The van der Waals surface area contributed by atoms with E-state index in [1.165, 1.54) is 37.0 Å². The maximum absolute atomic E-state index is 13.8. The highest BCUT2D eigenvalue weighted by molar-refractivity contribution is 7.07. The second-order valence-electron chi connectivity index (χ2n) is 8.85. The number of ether oxygens (including phenoxy) is 4. The van der Waals surface area contributed by atoms with Crippen LogP contribution in [-0.4, -0.2) is 37.3 Å². The Balaban J connectivity index is 1.82. The van der Waals surface area contributed by atoms with E-state index in [2.05, 4.69) is 11.9 Å². The number of benzene rings is 2. The minimum atomic E-state index is -0.828. The Labute approximate surface area is 229 Å². The number of rotatable bonds is 9. The second-order valence-corrected chi connectivity index (χ2v) is 9.86. The number of allylic oxidation sites excluding steroid dienone is 1. The fraction of sp³-hybridized carbons (Fsp3) is 0.310. The molecule has 0 radical (unpaired) electrons. The van der Waals surface area contributed by atoms with Crippen molar-refractivity contribution in [1.82, 2.24) is 4.57 Å². The van der Waals surface area contributed by atoms with Crippen LogP contribution in [0.5, 0.6) is 17.2 Å². The molecule has 0 fully saturated rings. The Morgan fingerprint density at radius 3 is 2.49 bits per heavy atom. The molecule has 2 aromatic carbocycles. The van der Waals surface area contributed by atoms with Crippen LogP contribution in [0.3, 0.4) is 0 Å². The highest BCUT2D eigenvalue weighted by atomic mass is 32.1. The summed E-state index contributed by atoms with van der Waals surface area (Å²) in [5, 5.41) is 0. The number of thiazole rings is 1. The number of fused-ring (bicyclic) bond motifs is 1. The van der Waals surface area contributed by atoms with Crippen molar-refractivity contribution in [2.45, 2.75) is 39.7 Å². The summed E-state index contributed by atoms with van der Waals surface area (Å²) in [6.45, 7) is 5.76. The third-order valence-corrected chi connectivity index (χ3v) is 7.11. The van der Waals surface area contributed by atoms with Gasteiger partial charge in [-0.3, -0.25) is 14.2 Å². The van der Waals surface area contributed by atoms with Crippen LogP contribution in [0, 0.1) is 0 Å². The molecule has 0 aliphatic carbocycles. The molecule has 0 saturated carbocycles. The highest BCUT2D eigenvalue weighted by Crippen LogP contribution is 2.36. The SMILES string of the molecule is CCCCOc1ccc(C=c2sc3n(c2=O)C(c2ccc(OC(C)=O)c(OC)c2)C(C(=O)OC)=C(C)N=3)cc1. The van der Waals surface area contributed by atoms with Crippen molar-refractivity contribution in [1.29, 1.82) is 0 Å². The molecule has 0 spiro atoms. The number of esters is 2. The molecule has 39 heavy (non-hydrogen) atoms. The van der Waals surface area contributed by atoms with Gasteiger partial charge in [0.15, 0.2) is 16.3 Å². The zero-order valence-corrected chi connectivity index (χ0v) is 23.3. The molecule has 1 aliphatic rings. The number of unbranched alkanes of at least 4 members (excludes halogenated alkanes) is 1. The van der Waals surface area contributed by atoms with Gasteiger partial charge in [-0.1, -0.05) is 42.9 Å². The Hall–Kier alpha value is -4.18. The summed E-state index contributed by atoms with van der Waals surface area (Å²) < 4.78 is 23.4. The lowest BCUT2D eigenvalue weighted by molar-refractivity contribution is -0.136. The van der Waals surface area contributed by atoms with Crippen molar-refractivity contribution < 1.29 is 28.5 Å². The van der Waals surface area contributed by atoms with E-state index in [0.29, 0.717) is 27.2 Å². The quantitative estimate of drug-likeness (QED) is 0.228. The highest BCUT2D eigenvalue weighted by Gasteiger charge is 2.33. The Morgan fingerprint density at radius 2 is 1.85 bits per heavy atom. The van der Waals surface area contributed by atoms with Gasteiger partial charge < -0.3 is 18.9 Å². The normalized spacial score (nSPS) is 14.9. The van der Waals surface area contributed by atoms with Crippen molar-refractivity contribution in [2.75, 3.05) is 20.8 Å². The first-order chi connectivity index (χ1) is 18.8. The van der Waals surface area contributed by atoms with Gasteiger partial charge in [0.1, 0.15) is 5.75 Å². The van der Waals surface area contributed by atoms with Crippen LogP contribution in [0.2, 0.25) is 0 Å². The van der Waals surface area contributed by atoms with E-state index in [1.807, 2.05) is 24.3 Å². The molecular weight excluding hydrogens is 520 g/mol. The predicted octanol–water partition coefficient (Wildman–Crippen LogP) is 3.52. The van der Waals surface area contributed by atoms with Gasteiger partial charge in [-0.2, -0.15) is 0 Å². The third kappa shape index (κ3) is 5.96. The van der Waals surface area contributed by atoms with Gasteiger partial charge >= 0.3 is 11.9 Å². The fourth-order valence-corrected chi connectivity index (χ4v) is 5.29. The zero-order valence-electron chi connectivity index (χ0n) is 22.5. The Bertz CT molecular complexity index is 1600. The van der Waals surface area contributed by atoms with Crippen LogP contribution < -0.4 is 29.1 Å². The largest absolute Gasteiger partial charge is 0.494 e. The smallest absolute Gasteiger partial charge is 0.338 e. The van der Waals surface area contributed by atoms with E-state index in [-0.39, 0.29) is 22.6 Å². The lowest BCUT2D eigenvalue weighted by atomic mass is 9.95. The van der Waals surface area contributed by atoms with Crippen LogP contribution in [0.4, 0.5) is 0 Å². The average molecular weight is 551 g/mol. The van der Waals surface area contributed by atoms with Crippen LogP contribution in [0.15, 0.2) is 63.5 Å². The number of nitrogens with zero attached hydrogens (tertiary/aromatic N) is 2. The molecule has 0 amide bonds. The van der Waals surface area contributed by atoms with Crippen molar-refractivity contribution in [3.63, 3.8) is 0 Å². The first kappa shape index (κ1) is 27.8. The van der Waals surface area contributed by atoms with E-state index in [9.17, 15) is 14.4 Å². The van der Waals surface area contributed by atoms with Gasteiger partial charge in [0.25, 0.3) is 5.56 Å². The molecule has 0 N–H and O–H groups in total. The molecule has 1 atom stereocenters. The maximum Gasteiger partial charge on any atom is 0.338 e. The van der Waals surface area contributed by atoms with E-state index in [4.69, 9.17) is 18.9 Å². The third-order valence-electron chi connectivity index (χ3n) is 6.13. The van der Waals surface area contributed by atoms with Gasteiger partial charge in [-0.05, 0) is 54.8 Å². The van der Waals surface area contributed by atoms with E-state index in [1.54, 1.807) is 31.2 Å². The van der Waals surface area contributed by atoms with E-state index >= 15 is 0 Å². The van der Waals surface area contributed by atoms with Crippen LogP contribution >= 0.6 is 11.3 Å². The zero-order chi connectivity index (χ0) is 28.1. The first-order valence-corrected chi connectivity index (χ1v) is 13.3. The standard InChI is InChI=1S/C29H30N2O7S/c1-6-7-14-37-21-11-8-19(9-12-21)15-24-27(33)31-26(25(28(34)36-5)17(2)30-29(31)39-24)20-10-13-22(38-18(3)32)23(16-20)35-4/h8-13,15-16,26H,6-7,14H2,1-5H3. The summed E-state index contributed by atoms with van der Waals surface area (Å²) in [6, 6.07) is 11.6. The van der Waals surface area contributed by atoms with Crippen molar-refractivity contribution in [2.24, 2.45) is 4.99 Å². The summed E-state index contributed by atoms with van der Waals surface area (Å²) in [5.74, 6) is 0.179. The number of carbonyl (C=O) groups excluding carboxylic acids is 2. The van der Waals surface area contributed by atoms with E-state index in [0.717, 1.165) is 24.2 Å². The summed E-state index contributed by atoms with van der Waals surface area (Å²) in [4.78, 5) is 43.2. The minimum absolute atomic E-state index is 0.226. The molecule has 1 aliphatic heterocycles. The van der Waals surface area contributed by atoms with Gasteiger partial charge in [0.2, 0.25) is 0 Å². The van der Waals surface area contributed by atoms with Crippen molar-refractivity contribution in [3.8, 4) is 17.2 Å². The second kappa shape index (κ2) is 12.1. The molecule has 9 nitrogen and oxygen atoms in total. The van der Waals surface area contributed by atoms with Crippen LogP contribution in [-0.2, 0) is 14.3 Å². The van der Waals surface area contributed by atoms with Crippen molar-refractivity contribution in [3.05, 3.63) is 84.5 Å². The molecule has 204 valence electrons. The molecular formula is C29H30N2O7S. The summed E-state index contributed by atoms with van der Waals surface area (Å²) in [7, 11) is 2.73. The number of hydrogen-bond acceptors (Lipinski definition) is 9. The Kier molecular flexibility index (Phi) is 8.65. The molecule has 10 heteroatoms. The maximum atomic E-state index is 13.8. The molecule has 2 heterocycles. The van der Waals surface area contributed by atoms with Crippen LogP contribution in [0.25, 0.3) is 6.08 Å². The van der Waals surface area contributed by atoms with E-state index < -0.39 is 18.0 Å². The molecule has 1 aromatic heterocycles. The fourth-order valence-electron chi connectivity index (χ4n) is 4.25. The summed E-state index contributed by atoms with van der Waals surface area (Å²) >= 11 is 1.23. The number of methoxy groups -OCH3 is 2. The molecule has 0 saturated heterocycles. The Morgan fingerprint density at radius 1 is 1.10 bits per heavy atom. The topological polar surface area (TPSA) is 105 Å². The molecule has 3 aromatic rings. The average Bonchev–Trinajstić information content (AvgIpc) is 3.22. The van der Waals surface area contributed by atoms with Gasteiger partial charge in [-0.25, -0.2) is 9.79 Å². The van der Waals surface area contributed by atoms with Crippen molar-refractivity contribution >= 4 is 29.4 Å². The molecule has 4 rings (SSSR count). The van der Waals surface area contributed by atoms with Gasteiger partial charge in [-0.15, -0.1) is 0 Å². The monoisotopic (exact) mass is 550 g/mol. The predicted molar refractivity (Wildman–Crippen MR) is 147 cm³/mol. The number of hydrogen-bond donors (Lipinski definition) is 0. The van der Waals surface area contributed by atoms with Gasteiger partial charge in [0, 0.05) is 6.92 Å². The first-order valence-electron chi connectivity index (χ1n) is 12.5.